The first-order valence-electron chi connectivity index (χ1n) is 7.14. The Bertz CT molecular complexity index is 892. The number of nitrogens with zero attached hydrogens (tertiary/aromatic N) is 2. The van der Waals surface area contributed by atoms with Gasteiger partial charge >= 0.3 is 0 Å². The Morgan fingerprint density at radius 1 is 1.17 bits per heavy atom. The number of rotatable bonds is 3. The van der Waals surface area contributed by atoms with Crippen molar-refractivity contribution in [3.8, 4) is 34.2 Å². The molecule has 2 aromatic heterocycles. The van der Waals surface area contributed by atoms with Crippen molar-refractivity contribution >= 4 is 5.82 Å². The molecule has 0 saturated heterocycles. The number of aromatic nitrogens is 2. The molecule has 3 rings (SSSR count). The highest BCUT2D eigenvalue weighted by molar-refractivity contribution is 5.91. The molecule has 114 valence electrons. The first-order valence-corrected chi connectivity index (χ1v) is 7.14. The van der Waals surface area contributed by atoms with E-state index < -0.39 is 0 Å². The Morgan fingerprint density at radius 3 is 2.61 bits per heavy atom. The topological polar surface area (TPSA) is 87.7 Å². The number of nitrogen functional groups attached to an aromatic ring is 1. The molecule has 0 fully saturated rings. The lowest BCUT2D eigenvalue weighted by atomic mass is 9.92. The van der Waals surface area contributed by atoms with Crippen LogP contribution in [0.2, 0.25) is 0 Å². The van der Waals surface area contributed by atoms with Gasteiger partial charge in [0.15, 0.2) is 0 Å². The fourth-order valence-corrected chi connectivity index (χ4v) is 2.78. The molecule has 3 aromatic rings. The van der Waals surface area contributed by atoms with Crippen LogP contribution in [0.3, 0.4) is 0 Å². The van der Waals surface area contributed by atoms with Gasteiger partial charge in [0.05, 0.1) is 7.11 Å². The first kappa shape index (κ1) is 14.7. The molecule has 0 aliphatic carbocycles. The summed E-state index contributed by atoms with van der Waals surface area (Å²) in [6.07, 6.45) is 1.81. The lowest BCUT2D eigenvalue weighted by molar-refractivity contribution is 0.416. The number of ether oxygens (including phenoxy) is 1. The summed E-state index contributed by atoms with van der Waals surface area (Å²) < 4.78 is 5.48. The summed E-state index contributed by atoms with van der Waals surface area (Å²) in [5.41, 5.74) is 10.4. The summed E-state index contributed by atoms with van der Waals surface area (Å²) >= 11 is 0. The number of methoxy groups -OCH3 is 1. The minimum Gasteiger partial charge on any atom is -0.496 e. The molecule has 0 amide bonds. The molecule has 0 radical (unpaired) electrons. The van der Waals surface area contributed by atoms with Crippen LogP contribution in [-0.4, -0.2) is 17.1 Å². The van der Waals surface area contributed by atoms with Gasteiger partial charge in [0.1, 0.15) is 23.2 Å². The Morgan fingerprint density at radius 2 is 1.96 bits per heavy atom. The van der Waals surface area contributed by atoms with Gasteiger partial charge < -0.3 is 15.5 Å². The highest BCUT2D eigenvalue weighted by atomic mass is 16.5. The zero-order valence-electron chi connectivity index (χ0n) is 12.9. The molecule has 1 aromatic carbocycles. The van der Waals surface area contributed by atoms with Gasteiger partial charge in [0, 0.05) is 34.3 Å². The summed E-state index contributed by atoms with van der Waals surface area (Å²) in [4.78, 5) is 7.51. The number of hydrogen-bond donors (Lipinski definition) is 2. The lowest BCUT2D eigenvalue weighted by Gasteiger charge is -2.17. The molecule has 0 bridgehead atoms. The largest absolute Gasteiger partial charge is 0.496 e. The lowest BCUT2D eigenvalue weighted by Crippen LogP contribution is -2.04. The number of para-hydroxylation sites is 1. The van der Waals surface area contributed by atoms with Gasteiger partial charge in [-0.25, -0.2) is 4.98 Å². The van der Waals surface area contributed by atoms with Gasteiger partial charge in [-0.1, -0.05) is 18.2 Å². The maximum absolute atomic E-state index is 9.57. The molecule has 2 heterocycles. The fraction of sp³-hybridized carbons (Fsp3) is 0.111. The Hall–Kier alpha value is -3.26. The van der Waals surface area contributed by atoms with E-state index in [0.717, 1.165) is 33.8 Å². The van der Waals surface area contributed by atoms with E-state index in [9.17, 15) is 5.26 Å². The molecule has 23 heavy (non-hydrogen) atoms. The van der Waals surface area contributed by atoms with Crippen LogP contribution in [0, 0.1) is 18.3 Å². The molecule has 3 N–H and O–H groups in total. The Kier molecular flexibility index (Phi) is 3.73. The minimum atomic E-state index is 0.230. The Balaban J connectivity index is 2.44. The normalized spacial score (nSPS) is 10.3. The highest BCUT2D eigenvalue weighted by Gasteiger charge is 2.21. The minimum absolute atomic E-state index is 0.230. The molecule has 0 atom stereocenters. The van der Waals surface area contributed by atoms with Crippen LogP contribution in [0.5, 0.6) is 5.75 Å². The highest BCUT2D eigenvalue weighted by Crippen LogP contribution is 2.41. The zero-order valence-corrected chi connectivity index (χ0v) is 12.9. The van der Waals surface area contributed by atoms with Crippen LogP contribution in [0.4, 0.5) is 5.82 Å². The maximum Gasteiger partial charge on any atom is 0.142 e. The van der Waals surface area contributed by atoms with E-state index in [1.165, 1.54) is 0 Å². The van der Waals surface area contributed by atoms with Crippen molar-refractivity contribution in [3.05, 3.63) is 53.9 Å². The molecule has 0 saturated carbocycles. The number of aromatic amines is 1. The molecule has 5 heteroatoms. The summed E-state index contributed by atoms with van der Waals surface area (Å²) in [5.74, 6) is 0.951. The summed E-state index contributed by atoms with van der Waals surface area (Å²) in [6, 6.07) is 13.6. The molecule has 0 aliphatic heterocycles. The fourth-order valence-electron chi connectivity index (χ4n) is 2.78. The third-order valence-electron chi connectivity index (χ3n) is 3.76. The first-order chi connectivity index (χ1) is 11.2. The third kappa shape index (κ3) is 2.40. The van der Waals surface area contributed by atoms with E-state index in [-0.39, 0.29) is 5.82 Å². The second-order valence-corrected chi connectivity index (χ2v) is 5.10. The monoisotopic (exact) mass is 304 g/mol. The number of pyridine rings is 1. The van der Waals surface area contributed by atoms with E-state index in [0.29, 0.717) is 5.56 Å². The second-order valence-electron chi connectivity index (χ2n) is 5.10. The number of anilines is 1. The number of aryl methyl sites for hydroxylation is 1. The quantitative estimate of drug-likeness (QED) is 0.775. The van der Waals surface area contributed by atoms with Gasteiger partial charge in [-0.3, -0.25) is 0 Å². The molecular weight excluding hydrogens is 288 g/mol. The SMILES string of the molecule is COc1ccccc1-c1c(C)nc(N)c(C#N)c1-c1ccc[nH]1. The zero-order chi connectivity index (χ0) is 16.4. The molecule has 0 spiro atoms. The summed E-state index contributed by atoms with van der Waals surface area (Å²) in [5, 5.41) is 9.57. The van der Waals surface area contributed by atoms with Gasteiger partial charge in [-0.05, 0) is 25.1 Å². The van der Waals surface area contributed by atoms with Crippen molar-refractivity contribution in [3.63, 3.8) is 0 Å². The standard InChI is InChI=1S/C18H16N4O/c1-11-16(12-6-3-4-8-15(12)23-2)17(14-7-5-9-21-14)13(10-19)18(20)22-11/h3-9,21H,1-2H3,(H2,20,22). The van der Waals surface area contributed by atoms with Crippen LogP contribution in [0.15, 0.2) is 42.6 Å². The van der Waals surface area contributed by atoms with Crippen LogP contribution in [0.1, 0.15) is 11.3 Å². The maximum atomic E-state index is 9.57. The van der Waals surface area contributed by atoms with Gasteiger partial charge in [0.25, 0.3) is 0 Å². The van der Waals surface area contributed by atoms with Gasteiger partial charge in [-0.15, -0.1) is 0 Å². The van der Waals surface area contributed by atoms with Crippen molar-refractivity contribution in [1.82, 2.24) is 9.97 Å². The number of hydrogen-bond acceptors (Lipinski definition) is 4. The van der Waals surface area contributed by atoms with E-state index in [1.807, 2.05) is 49.5 Å². The number of nitrogens with two attached hydrogens (primary N) is 1. The van der Waals surface area contributed by atoms with Crippen LogP contribution in [-0.2, 0) is 0 Å². The second kappa shape index (κ2) is 5.85. The van der Waals surface area contributed by atoms with Crippen molar-refractivity contribution in [2.75, 3.05) is 12.8 Å². The molecule has 0 unspecified atom stereocenters. The van der Waals surface area contributed by atoms with Crippen molar-refractivity contribution < 1.29 is 4.74 Å². The van der Waals surface area contributed by atoms with Crippen LogP contribution in [0.25, 0.3) is 22.4 Å². The van der Waals surface area contributed by atoms with E-state index in [1.54, 1.807) is 7.11 Å². The number of benzene rings is 1. The molecule has 0 aliphatic rings. The predicted molar refractivity (Wildman–Crippen MR) is 89.9 cm³/mol. The smallest absolute Gasteiger partial charge is 0.142 e. The average Bonchev–Trinajstić information content (AvgIpc) is 3.08. The number of nitrogens with one attached hydrogen (secondary N) is 1. The average molecular weight is 304 g/mol. The third-order valence-corrected chi connectivity index (χ3v) is 3.76. The molecule has 5 nitrogen and oxygen atoms in total. The van der Waals surface area contributed by atoms with Crippen LogP contribution >= 0.6 is 0 Å². The summed E-state index contributed by atoms with van der Waals surface area (Å²) in [7, 11) is 1.62. The molecular formula is C18H16N4O. The van der Waals surface area contributed by atoms with Gasteiger partial charge in [-0.2, -0.15) is 5.26 Å². The predicted octanol–water partition coefficient (Wildman–Crippen LogP) is 3.51. The van der Waals surface area contributed by atoms with E-state index >= 15 is 0 Å². The van der Waals surface area contributed by atoms with Crippen molar-refractivity contribution in [2.24, 2.45) is 0 Å². The van der Waals surface area contributed by atoms with E-state index in [4.69, 9.17) is 10.5 Å². The summed E-state index contributed by atoms with van der Waals surface area (Å²) in [6.45, 7) is 1.88. The van der Waals surface area contributed by atoms with E-state index in [2.05, 4.69) is 16.0 Å². The van der Waals surface area contributed by atoms with Crippen LogP contribution < -0.4 is 10.5 Å². The number of H-pyrrole nitrogens is 1. The van der Waals surface area contributed by atoms with Gasteiger partial charge in [0.2, 0.25) is 0 Å². The Labute approximate surface area is 134 Å². The van der Waals surface area contributed by atoms with Crippen molar-refractivity contribution in [2.45, 2.75) is 6.92 Å². The number of nitriles is 1. The van der Waals surface area contributed by atoms with Crippen molar-refractivity contribution in [1.29, 1.82) is 5.26 Å².